The number of fused-ring (bicyclic) bond motifs is 1. The summed E-state index contributed by atoms with van der Waals surface area (Å²) in [7, 11) is 1.37. The summed E-state index contributed by atoms with van der Waals surface area (Å²) in [6, 6.07) is 13.3. The molecule has 0 amide bonds. The zero-order chi connectivity index (χ0) is 14.8. The number of esters is 1. The fraction of sp³-hybridized carbons (Fsp3) is 0.125. The van der Waals surface area contributed by atoms with Gasteiger partial charge in [-0.05, 0) is 31.2 Å². The van der Waals surface area contributed by atoms with Crippen molar-refractivity contribution in [1.82, 2.24) is 9.38 Å². The summed E-state index contributed by atoms with van der Waals surface area (Å²) in [5.74, 6) is 1.07. The number of hydrogen-bond donors (Lipinski definition) is 1. The van der Waals surface area contributed by atoms with Gasteiger partial charge in [-0.15, -0.1) is 0 Å². The first kappa shape index (κ1) is 13.2. The molecule has 0 saturated heterocycles. The minimum absolute atomic E-state index is 0.386. The van der Waals surface area contributed by atoms with Crippen molar-refractivity contribution in [2.24, 2.45) is 0 Å². The molecule has 2 aromatic heterocycles. The number of para-hydroxylation sites is 1. The Balaban J connectivity index is 2.20. The maximum absolute atomic E-state index is 12.0. The first-order valence-corrected chi connectivity index (χ1v) is 6.58. The van der Waals surface area contributed by atoms with Crippen molar-refractivity contribution in [3.05, 3.63) is 60.0 Å². The number of pyridine rings is 1. The zero-order valence-corrected chi connectivity index (χ0v) is 11.8. The van der Waals surface area contributed by atoms with Gasteiger partial charge in [-0.2, -0.15) is 0 Å². The number of rotatable bonds is 3. The molecule has 0 unspecified atom stereocenters. The molecule has 21 heavy (non-hydrogen) atoms. The number of carbonyl (C=O) groups is 1. The molecule has 0 fully saturated rings. The van der Waals surface area contributed by atoms with Crippen LogP contribution >= 0.6 is 0 Å². The van der Waals surface area contributed by atoms with Crippen molar-refractivity contribution in [3.8, 4) is 0 Å². The molecule has 0 atom stereocenters. The minimum Gasteiger partial charge on any atom is -0.465 e. The summed E-state index contributed by atoms with van der Waals surface area (Å²) < 4.78 is 6.77. The number of aromatic nitrogens is 2. The summed E-state index contributed by atoms with van der Waals surface area (Å²) in [5, 5.41) is 3.28. The largest absolute Gasteiger partial charge is 0.465 e. The fourth-order valence-corrected chi connectivity index (χ4v) is 2.29. The van der Waals surface area contributed by atoms with E-state index < -0.39 is 0 Å². The van der Waals surface area contributed by atoms with Gasteiger partial charge in [0.1, 0.15) is 17.2 Å². The minimum atomic E-state index is -0.386. The topological polar surface area (TPSA) is 55.6 Å². The molecule has 0 aliphatic rings. The van der Waals surface area contributed by atoms with Crippen LogP contribution in [0.5, 0.6) is 0 Å². The van der Waals surface area contributed by atoms with Gasteiger partial charge in [0.05, 0.1) is 18.8 Å². The second-order valence-corrected chi connectivity index (χ2v) is 4.64. The number of imidazole rings is 1. The van der Waals surface area contributed by atoms with E-state index in [-0.39, 0.29) is 5.97 Å². The highest BCUT2D eigenvalue weighted by Gasteiger charge is 2.16. The van der Waals surface area contributed by atoms with Crippen molar-refractivity contribution in [2.45, 2.75) is 6.92 Å². The molecule has 5 nitrogen and oxygen atoms in total. The molecule has 1 aromatic carbocycles. The van der Waals surface area contributed by atoms with Crippen LogP contribution < -0.4 is 5.32 Å². The molecular formula is C16H15N3O2. The Morgan fingerprint density at radius 2 is 1.95 bits per heavy atom. The summed E-state index contributed by atoms with van der Waals surface area (Å²) in [5.41, 5.74) is 2.27. The lowest BCUT2D eigenvalue weighted by atomic mass is 10.2. The first-order valence-electron chi connectivity index (χ1n) is 6.58. The van der Waals surface area contributed by atoms with Gasteiger partial charge in [-0.25, -0.2) is 9.78 Å². The molecule has 0 spiro atoms. The van der Waals surface area contributed by atoms with Crippen molar-refractivity contribution in [1.29, 1.82) is 0 Å². The lowest BCUT2D eigenvalue weighted by Gasteiger charge is -2.14. The Morgan fingerprint density at radius 1 is 1.19 bits per heavy atom. The van der Waals surface area contributed by atoms with E-state index in [4.69, 9.17) is 4.74 Å². The van der Waals surface area contributed by atoms with E-state index in [1.807, 2.05) is 47.7 Å². The molecule has 2 heterocycles. The normalized spacial score (nSPS) is 10.6. The monoisotopic (exact) mass is 281 g/mol. The van der Waals surface area contributed by atoms with Gasteiger partial charge in [0.2, 0.25) is 0 Å². The lowest BCUT2D eigenvalue weighted by molar-refractivity contribution is 0.0601. The van der Waals surface area contributed by atoms with Crippen molar-refractivity contribution in [3.63, 3.8) is 0 Å². The molecule has 106 valence electrons. The van der Waals surface area contributed by atoms with E-state index in [1.165, 1.54) is 7.11 Å². The Kier molecular flexibility index (Phi) is 3.31. The number of carbonyl (C=O) groups excluding carboxylic acids is 1. The van der Waals surface area contributed by atoms with Gasteiger partial charge >= 0.3 is 5.97 Å². The van der Waals surface area contributed by atoms with Crippen molar-refractivity contribution in [2.75, 3.05) is 12.4 Å². The molecule has 0 aliphatic heterocycles. The van der Waals surface area contributed by atoms with E-state index in [2.05, 4.69) is 10.3 Å². The van der Waals surface area contributed by atoms with Crippen LogP contribution in [0.1, 0.15) is 16.2 Å². The zero-order valence-electron chi connectivity index (χ0n) is 11.8. The van der Waals surface area contributed by atoms with Gasteiger partial charge in [-0.1, -0.05) is 18.2 Å². The second-order valence-electron chi connectivity index (χ2n) is 4.64. The van der Waals surface area contributed by atoms with E-state index >= 15 is 0 Å². The average Bonchev–Trinajstić information content (AvgIpc) is 2.90. The van der Waals surface area contributed by atoms with Crippen molar-refractivity contribution >= 4 is 23.0 Å². The van der Waals surface area contributed by atoms with Crippen LogP contribution in [0.3, 0.4) is 0 Å². The van der Waals surface area contributed by atoms with E-state index in [0.717, 1.165) is 17.0 Å². The molecular weight excluding hydrogens is 266 g/mol. The Morgan fingerprint density at radius 3 is 2.67 bits per heavy atom. The molecule has 0 aliphatic carbocycles. The maximum atomic E-state index is 12.0. The Bertz CT molecular complexity index is 794. The van der Waals surface area contributed by atoms with Crippen LogP contribution in [0.2, 0.25) is 0 Å². The van der Waals surface area contributed by atoms with Gasteiger partial charge in [0, 0.05) is 5.69 Å². The second kappa shape index (κ2) is 5.28. The maximum Gasteiger partial charge on any atom is 0.341 e. The number of methoxy groups -OCH3 is 1. The number of benzene rings is 1. The van der Waals surface area contributed by atoms with Crippen LogP contribution in [-0.2, 0) is 4.74 Å². The van der Waals surface area contributed by atoms with E-state index in [9.17, 15) is 4.79 Å². The Labute approximate surface area is 122 Å². The number of aryl methyl sites for hydroxylation is 1. The van der Waals surface area contributed by atoms with Crippen LogP contribution in [0.4, 0.5) is 11.5 Å². The smallest absolute Gasteiger partial charge is 0.341 e. The Hall–Kier alpha value is -2.82. The fourth-order valence-electron chi connectivity index (χ4n) is 2.29. The van der Waals surface area contributed by atoms with E-state index in [1.54, 1.807) is 12.3 Å². The predicted molar refractivity (Wildman–Crippen MR) is 81.0 cm³/mol. The molecule has 0 radical (unpaired) electrons. The summed E-state index contributed by atoms with van der Waals surface area (Å²) in [6.45, 7) is 1.89. The molecule has 1 N–H and O–H groups in total. The van der Waals surface area contributed by atoms with Crippen LogP contribution in [0.25, 0.3) is 5.52 Å². The van der Waals surface area contributed by atoms with Crippen LogP contribution in [0, 0.1) is 6.92 Å². The number of hydrogen-bond acceptors (Lipinski definition) is 4. The number of nitrogens with zero attached hydrogens (tertiary/aromatic N) is 2. The predicted octanol–water partition coefficient (Wildman–Crippen LogP) is 3.17. The summed E-state index contributed by atoms with van der Waals surface area (Å²) in [4.78, 5) is 16.3. The average molecular weight is 281 g/mol. The van der Waals surface area contributed by atoms with Gasteiger partial charge in [0.15, 0.2) is 0 Å². The third-order valence-electron chi connectivity index (χ3n) is 3.31. The molecule has 0 bridgehead atoms. The quantitative estimate of drug-likeness (QED) is 0.749. The molecule has 0 saturated carbocycles. The third kappa shape index (κ3) is 2.33. The highest BCUT2D eigenvalue weighted by Crippen LogP contribution is 2.25. The van der Waals surface area contributed by atoms with Crippen LogP contribution in [-0.4, -0.2) is 22.5 Å². The van der Waals surface area contributed by atoms with Gasteiger partial charge < -0.3 is 10.1 Å². The number of nitrogens with one attached hydrogen (secondary N) is 1. The lowest BCUT2D eigenvalue weighted by Crippen LogP contribution is -2.10. The highest BCUT2D eigenvalue weighted by atomic mass is 16.5. The highest BCUT2D eigenvalue weighted by molar-refractivity contribution is 5.96. The number of ether oxygens (including phenoxy) is 1. The van der Waals surface area contributed by atoms with E-state index in [0.29, 0.717) is 11.4 Å². The standard InChI is InChI=1S/C16H15N3O2/c1-11-17-10-13-8-9-14(16(20)21-2)15(19(11)13)18-12-6-4-3-5-7-12/h3-10,18H,1-2H3. The first-order chi connectivity index (χ1) is 10.2. The molecule has 3 aromatic rings. The third-order valence-corrected chi connectivity index (χ3v) is 3.31. The van der Waals surface area contributed by atoms with Gasteiger partial charge in [-0.3, -0.25) is 4.40 Å². The van der Waals surface area contributed by atoms with Gasteiger partial charge in [0.25, 0.3) is 0 Å². The number of anilines is 2. The molecule has 5 heteroatoms. The SMILES string of the molecule is COC(=O)c1ccc2cnc(C)n2c1Nc1ccccc1. The summed E-state index contributed by atoms with van der Waals surface area (Å²) in [6.07, 6.45) is 1.77. The summed E-state index contributed by atoms with van der Waals surface area (Å²) >= 11 is 0. The van der Waals surface area contributed by atoms with Crippen molar-refractivity contribution < 1.29 is 9.53 Å². The molecule has 3 rings (SSSR count). The van der Waals surface area contributed by atoms with Crippen LogP contribution in [0.15, 0.2) is 48.7 Å².